The van der Waals surface area contributed by atoms with Gasteiger partial charge in [0.05, 0.1) is 12.5 Å². The lowest BCUT2D eigenvalue weighted by atomic mass is 9.98. The Hall–Kier alpha value is -2.36. The second kappa shape index (κ2) is 6.17. The summed E-state index contributed by atoms with van der Waals surface area (Å²) in [6, 6.07) is 13.4. The van der Waals surface area contributed by atoms with Crippen LogP contribution in [0.1, 0.15) is 50.1 Å². The van der Waals surface area contributed by atoms with E-state index in [0.717, 1.165) is 35.6 Å². The molecular weight excluding hydrogens is 314 g/mol. The van der Waals surface area contributed by atoms with Crippen molar-refractivity contribution in [2.24, 2.45) is 11.3 Å². The number of carbonyl (C=O) groups excluding carboxylic acids is 1. The van der Waals surface area contributed by atoms with Gasteiger partial charge in [0.1, 0.15) is 0 Å². The third kappa shape index (κ3) is 3.13. The van der Waals surface area contributed by atoms with Crippen LogP contribution in [0.2, 0.25) is 0 Å². The molecule has 1 spiro atoms. The number of hydrogen-bond acceptors (Lipinski definition) is 2. The second-order valence-corrected chi connectivity index (χ2v) is 7.59. The third-order valence-corrected chi connectivity index (χ3v) is 5.98. The summed E-state index contributed by atoms with van der Waals surface area (Å²) >= 11 is 0. The lowest BCUT2D eigenvalue weighted by Crippen LogP contribution is -2.32. The van der Waals surface area contributed by atoms with Gasteiger partial charge in [0.25, 0.3) is 0 Å². The van der Waals surface area contributed by atoms with Crippen molar-refractivity contribution in [3.63, 3.8) is 0 Å². The summed E-state index contributed by atoms with van der Waals surface area (Å²) in [7, 11) is 0. The molecule has 0 aromatic heterocycles. The van der Waals surface area contributed by atoms with Crippen LogP contribution in [0.15, 0.2) is 42.5 Å². The van der Waals surface area contributed by atoms with Gasteiger partial charge in [-0.25, -0.2) is 0 Å². The van der Waals surface area contributed by atoms with Gasteiger partial charge in [-0.15, -0.1) is 0 Å². The number of amides is 1. The van der Waals surface area contributed by atoms with E-state index in [1.54, 1.807) is 0 Å². The largest absolute Gasteiger partial charge is 0.481 e. The standard InChI is InChI=1S/C21H23NO3/c23-19(24)12-18(16-8-7-14-5-1-2-6-15(14)11-16)22-20(25)17-13-21(17)9-3-4-10-21/h1-2,5-8,11,17-18H,3-4,9-10,12-13H2,(H,22,25)(H,23,24)/t17?,18-/m0/s1. The molecule has 4 nitrogen and oxygen atoms in total. The van der Waals surface area contributed by atoms with Gasteiger partial charge in [0, 0.05) is 5.92 Å². The molecule has 2 saturated carbocycles. The van der Waals surface area contributed by atoms with Crippen LogP contribution in [0.5, 0.6) is 0 Å². The Morgan fingerprint density at radius 3 is 2.56 bits per heavy atom. The van der Waals surface area contributed by atoms with Crippen LogP contribution in [0.4, 0.5) is 0 Å². The first-order valence-corrected chi connectivity index (χ1v) is 9.08. The zero-order chi connectivity index (χ0) is 17.4. The van der Waals surface area contributed by atoms with Crippen LogP contribution >= 0.6 is 0 Å². The van der Waals surface area contributed by atoms with Crippen molar-refractivity contribution in [2.75, 3.05) is 0 Å². The first kappa shape index (κ1) is 16.1. The molecule has 25 heavy (non-hydrogen) atoms. The Kier molecular flexibility index (Phi) is 3.98. The Morgan fingerprint density at radius 2 is 1.84 bits per heavy atom. The fourth-order valence-corrected chi connectivity index (χ4v) is 4.47. The Morgan fingerprint density at radius 1 is 1.12 bits per heavy atom. The summed E-state index contributed by atoms with van der Waals surface area (Å²) in [4.78, 5) is 24.0. The maximum Gasteiger partial charge on any atom is 0.305 e. The number of nitrogens with one attached hydrogen (secondary N) is 1. The highest BCUT2D eigenvalue weighted by molar-refractivity contribution is 5.85. The highest BCUT2D eigenvalue weighted by atomic mass is 16.4. The predicted molar refractivity (Wildman–Crippen MR) is 96.1 cm³/mol. The minimum atomic E-state index is -0.898. The monoisotopic (exact) mass is 337 g/mol. The summed E-state index contributed by atoms with van der Waals surface area (Å²) in [5.41, 5.74) is 1.08. The summed E-state index contributed by atoms with van der Waals surface area (Å²) in [5.74, 6) is -0.794. The highest BCUT2D eigenvalue weighted by Gasteiger charge is 2.58. The molecule has 2 atom stereocenters. The molecule has 4 heteroatoms. The molecule has 2 aliphatic carbocycles. The van der Waals surface area contributed by atoms with Gasteiger partial charge in [0.15, 0.2) is 0 Å². The number of carboxylic acids is 1. The van der Waals surface area contributed by atoms with E-state index >= 15 is 0 Å². The van der Waals surface area contributed by atoms with Gasteiger partial charge in [0.2, 0.25) is 5.91 Å². The molecule has 4 rings (SSSR count). The van der Waals surface area contributed by atoms with Crippen LogP contribution in [-0.2, 0) is 9.59 Å². The Labute approximate surface area is 147 Å². The van der Waals surface area contributed by atoms with E-state index in [4.69, 9.17) is 0 Å². The Bertz CT molecular complexity index is 823. The van der Waals surface area contributed by atoms with Crippen molar-refractivity contribution in [3.8, 4) is 0 Å². The normalized spacial score (nSPS) is 22.0. The van der Waals surface area contributed by atoms with Crippen molar-refractivity contribution in [1.29, 1.82) is 0 Å². The van der Waals surface area contributed by atoms with Gasteiger partial charge in [-0.3, -0.25) is 9.59 Å². The molecule has 2 aromatic carbocycles. The van der Waals surface area contributed by atoms with Gasteiger partial charge in [-0.05, 0) is 47.1 Å². The van der Waals surface area contributed by atoms with E-state index in [-0.39, 0.29) is 23.7 Å². The number of hydrogen-bond donors (Lipinski definition) is 2. The number of benzene rings is 2. The van der Waals surface area contributed by atoms with Crippen LogP contribution < -0.4 is 5.32 Å². The van der Waals surface area contributed by atoms with Crippen molar-refractivity contribution < 1.29 is 14.7 Å². The average Bonchev–Trinajstić information content (AvgIpc) is 3.10. The lowest BCUT2D eigenvalue weighted by molar-refractivity contribution is -0.137. The van der Waals surface area contributed by atoms with Gasteiger partial charge >= 0.3 is 5.97 Å². The van der Waals surface area contributed by atoms with E-state index in [9.17, 15) is 14.7 Å². The minimum Gasteiger partial charge on any atom is -0.481 e. The van der Waals surface area contributed by atoms with Gasteiger partial charge in [-0.2, -0.15) is 0 Å². The SMILES string of the molecule is O=C(O)C[C@H](NC(=O)C1CC12CCCC2)c1ccc2ccccc2c1. The summed E-state index contributed by atoms with van der Waals surface area (Å²) in [6.07, 6.45) is 5.59. The average molecular weight is 337 g/mol. The van der Waals surface area contributed by atoms with Crippen LogP contribution in [0.25, 0.3) is 10.8 Å². The molecule has 1 unspecified atom stereocenters. The number of aliphatic carboxylic acids is 1. The molecule has 2 aliphatic rings. The molecule has 0 aliphatic heterocycles. The van der Waals surface area contributed by atoms with Crippen molar-refractivity contribution in [1.82, 2.24) is 5.32 Å². The molecular formula is C21H23NO3. The first-order chi connectivity index (χ1) is 12.1. The van der Waals surface area contributed by atoms with E-state index in [0.29, 0.717) is 0 Å². The quantitative estimate of drug-likeness (QED) is 0.865. The van der Waals surface area contributed by atoms with Gasteiger partial charge < -0.3 is 10.4 Å². The number of fused-ring (bicyclic) bond motifs is 1. The topological polar surface area (TPSA) is 66.4 Å². The maximum atomic E-state index is 12.7. The molecule has 2 fully saturated rings. The molecule has 0 bridgehead atoms. The zero-order valence-electron chi connectivity index (χ0n) is 14.2. The van der Waals surface area contributed by atoms with Crippen molar-refractivity contribution >= 4 is 22.6 Å². The molecule has 0 heterocycles. The smallest absolute Gasteiger partial charge is 0.305 e. The number of carbonyl (C=O) groups is 2. The summed E-state index contributed by atoms with van der Waals surface area (Å²) < 4.78 is 0. The van der Waals surface area contributed by atoms with E-state index < -0.39 is 12.0 Å². The maximum absolute atomic E-state index is 12.7. The fraction of sp³-hybridized carbons (Fsp3) is 0.429. The molecule has 2 N–H and O–H groups in total. The van der Waals surface area contributed by atoms with E-state index in [1.165, 1.54) is 12.8 Å². The molecule has 130 valence electrons. The molecule has 0 saturated heterocycles. The van der Waals surface area contributed by atoms with E-state index in [2.05, 4.69) is 5.32 Å². The molecule has 0 radical (unpaired) electrons. The highest BCUT2D eigenvalue weighted by Crippen LogP contribution is 2.62. The van der Waals surface area contributed by atoms with Crippen LogP contribution in [0.3, 0.4) is 0 Å². The fourth-order valence-electron chi connectivity index (χ4n) is 4.47. The number of carboxylic acid groups (broad SMARTS) is 1. The van der Waals surface area contributed by atoms with Crippen LogP contribution in [0, 0.1) is 11.3 Å². The summed E-state index contributed by atoms with van der Waals surface area (Å²) in [6.45, 7) is 0. The first-order valence-electron chi connectivity index (χ1n) is 9.08. The Balaban J connectivity index is 1.55. The molecule has 1 amide bonds. The van der Waals surface area contributed by atoms with E-state index in [1.807, 2.05) is 42.5 Å². The van der Waals surface area contributed by atoms with Crippen molar-refractivity contribution in [3.05, 3.63) is 48.0 Å². The second-order valence-electron chi connectivity index (χ2n) is 7.59. The van der Waals surface area contributed by atoms with Gasteiger partial charge in [-0.1, -0.05) is 49.2 Å². The third-order valence-electron chi connectivity index (χ3n) is 5.98. The van der Waals surface area contributed by atoms with Crippen LogP contribution in [-0.4, -0.2) is 17.0 Å². The van der Waals surface area contributed by atoms with Crippen molar-refractivity contribution in [2.45, 2.75) is 44.6 Å². The molecule has 2 aromatic rings. The number of rotatable bonds is 5. The summed E-state index contributed by atoms with van der Waals surface area (Å²) in [5, 5.41) is 14.5. The lowest BCUT2D eigenvalue weighted by Gasteiger charge is -2.19. The minimum absolute atomic E-state index is 0.0290. The zero-order valence-corrected chi connectivity index (χ0v) is 14.2. The predicted octanol–water partition coefficient (Wildman–Crippen LogP) is 4.05.